The largest absolute Gasteiger partial charge is 0.494 e. The number of amides is 3. The second kappa shape index (κ2) is 10.2. The smallest absolute Gasteiger partial charge is 0.253 e. The van der Waals surface area contributed by atoms with Crippen molar-refractivity contribution in [2.45, 2.75) is 38.8 Å². The Bertz CT molecular complexity index is 1080. The van der Waals surface area contributed by atoms with Gasteiger partial charge < -0.3 is 19.9 Å². The highest BCUT2D eigenvalue weighted by Gasteiger charge is 2.40. The Morgan fingerprint density at radius 3 is 2.68 bits per heavy atom. The number of ether oxygens (including phenoxy) is 1. The highest BCUT2D eigenvalue weighted by molar-refractivity contribution is 6.09. The van der Waals surface area contributed by atoms with Crippen LogP contribution in [0, 0.1) is 0 Å². The summed E-state index contributed by atoms with van der Waals surface area (Å²) in [4.78, 5) is 44.2. The van der Waals surface area contributed by atoms with E-state index >= 15 is 0 Å². The van der Waals surface area contributed by atoms with E-state index in [1.54, 1.807) is 26.2 Å². The monoisotopic (exact) mass is 464 g/mol. The van der Waals surface area contributed by atoms with E-state index in [4.69, 9.17) is 4.74 Å². The van der Waals surface area contributed by atoms with Crippen molar-refractivity contribution in [2.75, 3.05) is 43.6 Å². The maximum Gasteiger partial charge on any atom is 0.253 e. The van der Waals surface area contributed by atoms with Gasteiger partial charge in [0.2, 0.25) is 11.8 Å². The lowest BCUT2D eigenvalue weighted by Crippen LogP contribution is -2.57. The number of para-hydroxylation sites is 1. The molecule has 0 spiro atoms. The Hall–Kier alpha value is -3.55. The SMILES string of the molecule is CCOc1ccccc1CNC(=O)CN1C(=O)[C@H]2CCCCN2c2ccc(C(=O)N(C)C)cc21. The summed E-state index contributed by atoms with van der Waals surface area (Å²) < 4.78 is 5.64. The average Bonchev–Trinajstić information content (AvgIpc) is 2.85. The number of nitrogens with zero attached hydrogens (tertiary/aromatic N) is 3. The Morgan fingerprint density at radius 1 is 1.12 bits per heavy atom. The molecule has 0 radical (unpaired) electrons. The van der Waals surface area contributed by atoms with Gasteiger partial charge in [0.15, 0.2) is 0 Å². The molecule has 1 atom stereocenters. The summed E-state index contributed by atoms with van der Waals surface area (Å²) >= 11 is 0. The molecule has 2 aliphatic heterocycles. The Morgan fingerprint density at radius 2 is 1.91 bits per heavy atom. The van der Waals surface area contributed by atoms with Gasteiger partial charge in [0.25, 0.3) is 5.91 Å². The van der Waals surface area contributed by atoms with Crippen LogP contribution in [0.15, 0.2) is 42.5 Å². The Labute approximate surface area is 200 Å². The normalized spacial score (nSPS) is 17.0. The van der Waals surface area contributed by atoms with Crippen LogP contribution < -0.4 is 19.9 Å². The van der Waals surface area contributed by atoms with Gasteiger partial charge >= 0.3 is 0 Å². The molecule has 0 saturated carbocycles. The molecule has 2 aliphatic rings. The Kier molecular flexibility index (Phi) is 7.05. The molecule has 180 valence electrons. The molecule has 1 saturated heterocycles. The molecular formula is C26H32N4O4. The quantitative estimate of drug-likeness (QED) is 0.682. The number of carbonyl (C=O) groups is 3. The molecule has 8 nitrogen and oxygen atoms in total. The van der Waals surface area contributed by atoms with Gasteiger partial charge in [-0.15, -0.1) is 0 Å². The van der Waals surface area contributed by atoms with Crippen molar-refractivity contribution >= 4 is 29.1 Å². The summed E-state index contributed by atoms with van der Waals surface area (Å²) in [7, 11) is 3.39. The molecule has 2 aromatic rings. The summed E-state index contributed by atoms with van der Waals surface area (Å²) in [6.45, 7) is 3.44. The number of hydrogen-bond donors (Lipinski definition) is 1. The fourth-order valence-corrected chi connectivity index (χ4v) is 4.65. The molecule has 3 amide bonds. The number of fused-ring (bicyclic) bond motifs is 3. The van der Waals surface area contributed by atoms with E-state index in [0.29, 0.717) is 24.4 Å². The second-order valence-corrected chi connectivity index (χ2v) is 8.85. The zero-order valence-electron chi connectivity index (χ0n) is 20.0. The molecule has 8 heteroatoms. The second-order valence-electron chi connectivity index (χ2n) is 8.85. The van der Waals surface area contributed by atoms with Crippen LogP contribution in [0.1, 0.15) is 42.1 Å². The van der Waals surface area contributed by atoms with Crippen LogP contribution >= 0.6 is 0 Å². The topological polar surface area (TPSA) is 82.2 Å². The van der Waals surface area contributed by atoms with Crippen molar-refractivity contribution in [3.05, 3.63) is 53.6 Å². The van der Waals surface area contributed by atoms with E-state index in [9.17, 15) is 14.4 Å². The number of hydrogen-bond acceptors (Lipinski definition) is 5. The number of nitrogens with one attached hydrogen (secondary N) is 1. The molecule has 0 bridgehead atoms. The van der Waals surface area contributed by atoms with Crippen molar-refractivity contribution in [3.63, 3.8) is 0 Å². The summed E-state index contributed by atoms with van der Waals surface area (Å²) in [5, 5.41) is 2.92. The summed E-state index contributed by atoms with van der Waals surface area (Å²) in [5.41, 5.74) is 2.87. The first-order chi connectivity index (χ1) is 16.4. The lowest BCUT2D eigenvalue weighted by atomic mass is 9.95. The zero-order valence-corrected chi connectivity index (χ0v) is 20.0. The molecule has 34 heavy (non-hydrogen) atoms. The number of benzene rings is 2. The lowest BCUT2D eigenvalue weighted by Gasteiger charge is -2.45. The van der Waals surface area contributed by atoms with E-state index in [0.717, 1.165) is 42.8 Å². The van der Waals surface area contributed by atoms with Gasteiger partial charge in [-0.1, -0.05) is 18.2 Å². The molecule has 1 fully saturated rings. The highest BCUT2D eigenvalue weighted by Crippen LogP contribution is 2.40. The molecule has 2 aromatic carbocycles. The minimum Gasteiger partial charge on any atom is -0.494 e. The molecular weight excluding hydrogens is 432 g/mol. The number of carbonyl (C=O) groups excluding carboxylic acids is 3. The van der Waals surface area contributed by atoms with E-state index < -0.39 is 0 Å². The van der Waals surface area contributed by atoms with Crippen LogP contribution in [-0.4, -0.2) is 62.5 Å². The molecule has 0 aromatic heterocycles. The predicted octanol–water partition coefficient (Wildman–Crippen LogP) is 2.81. The first kappa shape index (κ1) is 23.6. The summed E-state index contributed by atoms with van der Waals surface area (Å²) in [6.07, 6.45) is 2.76. The van der Waals surface area contributed by atoms with E-state index in [-0.39, 0.29) is 30.3 Å². The number of anilines is 2. The lowest BCUT2D eigenvalue weighted by molar-refractivity contribution is -0.125. The summed E-state index contributed by atoms with van der Waals surface area (Å²) in [6, 6.07) is 12.7. The van der Waals surface area contributed by atoms with Gasteiger partial charge in [-0.05, 0) is 50.5 Å². The van der Waals surface area contributed by atoms with Gasteiger partial charge in [-0.25, -0.2) is 0 Å². The average molecular weight is 465 g/mol. The van der Waals surface area contributed by atoms with Crippen molar-refractivity contribution in [3.8, 4) is 5.75 Å². The van der Waals surface area contributed by atoms with Crippen molar-refractivity contribution in [1.82, 2.24) is 10.2 Å². The minimum atomic E-state index is -0.275. The number of rotatable bonds is 7. The molecule has 4 rings (SSSR count). The third kappa shape index (κ3) is 4.71. The van der Waals surface area contributed by atoms with Gasteiger partial charge in [-0.3, -0.25) is 19.3 Å². The van der Waals surface area contributed by atoms with Crippen molar-refractivity contribution in [2.24, 2.45) is 0 Å². The first-order valence-corrected chi connectivity index (χ1v) is 11.8. The molecule has 0 aliphatic carbocycles. The maximum atomic E-state index is 13.5. The fourth-order valence-electron chi connectivity index (χ4n) is 4.65. The van der Waals surface area contributed by atoms with Crippen molar-refractivity contribution in [1.29, 1.82) is 0 Å². The van der Waals surface area contributed by atoms with Gasteiger partial charge in [0.1, 0.15) is 18.3 Å². The number of piperidine rings is 1. The van der Waals surface area contributed by atoms with Crippen LogP contribution in [0.2, 0.25) is 0 Å². The molecule has 2 heterocycles. The highest BCUT2D eigenvalue weighted by atomic mass is 16.5. The summed E-state index contributed by atoms with van der Waals surface area (Å²) in [5.74, 6) is 0.230. The van der Waals surface area contributed by atoms with Crippen LogP contribution in [0.25, 0.3) is 0 Å². The van der Waals surface area contributed by atoms with Crippen LogP contribution in [-0.2, 0) is 16.1 Å². The molecule has 0 unspecified atom stereocenters. The van der Waals surface area contributed by atoms with Crippen LogP contribution in [0.4, 0.5) is 11.4 Å². The fraction of sp³-hybridized carbons (Fsp3) is 0.423. The van der Waals surface area contributed by atoms with E-state index in [1.807, 2.05) is 37.3 Å². The van der Waals surface area contributed by atoms with E-state index in [1.165, 1.54) is 9.80 Å². The third-order valence-corrected chi connectivity index (χ3v) is 6.33. The maximum absolute atomic E-state index is 13.5. The van der Waals surface area contributed by atoms with Gasteiger partial charge in [-0.2, -0.15) is 0 Å². The van der Waals surface area contributed by atoms with Gasteiger partial charge in [0.05, 0.1) is 18.0 Å². The van der Waals surface area contributed by atoms with Crippen LogP contribution in [0.5, 0.6) is 5.75 Å². The minimum absolute atomic E-state index is 0.0912. The van der Waals surface area contributed by atoms with Gasteiger partial charge in [0, 0.05) is 38.3 Å². The third-order valence-electron chi connectivity index (χ3n) is 6.33. The predicted molar refractivity (Wildman–Crippen MR) is 131 cm³/mol. The Balaban J connectivity index is 1.58. The van der Waals surface area contributed by atoms with Crippen LogP contribution in [0.3, 0.4) is 0 Å². The standard InChI is InChI=1S/C26H32N4O4/c1-4-34-23-11-6-5-9-19(23)16-27-24(31)17-30-22-15-18(25(32)28(2)3)12-13-20(22)29-14-8-7-10-21(29)26(30)33/h5-6,9,11-13,15,21H,4,7-8,10,14,16-17H2,1-3H3,(H,27,31)/t21-/m1/s1. The zero-order chi connectivity index (χ0) is 24.2. The first-order valence-electron chi connectivity index (χ1n) is 11.8. The van der Waals surface area contributed by atoms with E-state index in [2.05, 4.69) is 10.2 Å². The van der Waals surface area contributed by atoms with Crippen molar-refractivity contribution < 1.29 is 19.1 Å². The molecule has 1 N–H and O–H groups in total.